The molecule has 1 amide bonds. The summed E-state index contributed by atoms with van der Waals surface area (Å²) in [5.74, 6) is 0.356. The minimum Gasteiger partial charge on any atom is -0.497 e. The second-order valence-electron chi connectivity index (χ2n) is 9.48. The van der Waals surface area contributed by atoms with Crippen LogP contribution in [-0.4, -0.2) is 95.3 Å². The van der Waals surface area contributed by atoms with E-state index >= 15 is 0 Å². The molecule has 0 saturated carbocycles. The first-order valence-corrected chi connectivity index (χ1v) is 14.5. The van der Waals surface area contributed by atoms with Gasteiger partial charge < -0.3 is 34.1 Å². The number of aliphatic hydroxyl groups is 1. The average Bonchev–Trinajstić information content (AvgIpc) is 2.98. The Bertz CT molecular complexity index is 1170. The average molecular weight is 581 g/mol. The van der Waals surface area contributed by atoms with Crippen molar-refractivity contribution in [3.8, 4) is 5.75 Å². The molecule has 2 N–H and O–H groups in total. The molecule has 0 aliphatic carbocycles. The molecule has 0 unspecified atom stereocenters. The maximum Gasteiger partial charge on any atom is 0.407 e. The minimum atomic E-state index is -4.23. The van der Waals surface area contributed by atoms with E-state index in [0.717, 1.165) is 10.0 Å². The number of hydroxylamine groups is 1. The first kappa shape index (κ1) is 30.2. The summed E-state index contributed by atoms with van der Waals surface area (Å²) in [4.78, 5) is 18.7. The van der Waals surface area contributed by atoms with Crippen molar-refractivity contribution in [2.45, 2.75) is 48.5 Å². The summed E-state index contributed by atoms with van der Waals surface area (Å²) in [5, 5.41) is 14.1. The Labute approximate surface area is 234 Å². The van der Waals surface area contributed by atoms with E-state index in [2.05, 4.69) is 5.32 Å². The van der Waals surface area contributed by atoms with Crippen molar-refractivity contribution in [1.29, 1.82) is 0 Å². The molecule has 2 aliphatic rings. The number of carbonyl (C=O) groups is 1. The van der Waals surface area contributed by atoms with Gasteiger partial charge in [0.15, 0.2) is 6.10 Å². The second-order valence-corrected chi connectivity index (χ2v) is 11.3. The largest absolute Gasteiger partial charge is 0.497 e. The zero-order valence-corrected chi connectivity index (χ0v) is 23.2. The van der Waals surface area contributed by atoms with Crippen LogP contribution in [0.5, 0.6) is 5.75 Å². The molecule has 4 rings (SSSR count). The number of aliphatic hydroxyl groups excluding tert-OH is 1. The first-order valence-electron chi connectivity index (χ1n) is 13.1. The van der Waals surface area contributed by atoms with Gasteiger partial charge in [-0.05, 0) is 37.0 Å². The highest BCUT2D eigenvalue weighted by Gasteiger charge is 2.35. The Kier molecular flexibility index (Phi) is 11.1. The number of amides is 1. The number of sulfonamides is 1. The molecule has 40 heavy (non-hydrogen) atoms. The molecule has 0 radical (unpaired) electrons. The number of rotatable bonds is 12. The van der Waals surface area contributed by atoms with Crippen molar-refractivity contribution < 1.29 is 46.8 Å². The highest BCUT2D eigenvalue weighted by atomic mass is 32.2. The zero-order chi connectivity index (χ0) is 28.4. The SMILES string of the molecule is COc1cccc(S(=O)(=O)N(C[C@H](O)[C@H](Cc2ccccc2)NC(=O)OC2COCOC2)OC2CCOCC2)c1. The molecule has 2 fully saturated rings. The lowest BCUT2D eigenvalue weighted by Crippen LogP contribution is -2.52. The molecule has 13 heteroatoms. The summed E-state index contributed by atoms with van der Waals surface area (Å²) in [5.41, 5.74) is 0.823. The molecule has 2 atom stereocenters. The van der Waals surface area contributed by atoms with Gasteiger partial charge >= 0.3 is 6.09 Å². The molecular formula is C27H36N2O10S. The normalized spacial score (nSPS) is 18.7. The third-order valence-electron chi connectivity index (χ3n) is 6.49. The van der Waals surface area contributed by atoms with Crippen LogP contribution in [0.2, 0.25) is 0 Å². The predicted octanol–water partition coefficient (Wildman–Crippen LogP) is 1.87. The highest BCUT2D eigenvalue weighted by Crippen LogP contribution is 2.24. The van der Waals surface area contributed by atoms with Gasteiger partial charge in [-0.2, -0.15) is 0 Å². The Hall–Kier alpha value is -2.78. The maximum atomic E-state index is 13.7. The smallest absolute Gasteiger partial charge is 0.407 e. The number of nitrogens with zero attached hydrogens (tertiary/aromatic N) is 1. The fourth-order valence-corrected chi connectivity index (χ4v) is 5.66. The van der Waals surface area contributed by atoms with Gasteiger partial charge in [-0.15, -0.1) is 0 Å². The number of alkyl carbamates (subject to hydrolysis) is 1. The maximum absolute atomic E-state index is 13.7. The Morgan fingerprint density at radius 2 is 1.77 bits per heavy atom. The third kappa shape index (κ3) is 8.61. The molecule has 12 nitrogen and oxygen atoms in total. The fourth-order valence-electron chi connectivity index (χ4n) is 4.33. The Morgan fingerprint density at radius 3 is 2.48 bits per heavy atom. The quantitative estimate of drug-likeness (QED) is 0.357. The number of carbonyl (C=O) groups excluding carboxylic acids is 1. The van der Waals surface area contributed by atoms with Crippen LogP contribution < -0.4 is 10.1 Å². The van der Waals surface area contributed by atoms with Crippen LogP contribution in [0.4, 0.5) is 4.79 Å². The topological polar surface area (TPSA) is 142 Å². The van der Waals surface area contributed by atoms with Crippen LogP contribution in [0, 0.1) is 0 Å². The van der Waals surface area contributed by atoms with Crippen molar-refractivity contribution in [2.24, 2.45) is 0 Å². The van der Waals surface area contributed by atoms with E-state index in [1.807, 2.05) is 30.3 Å². The number of benzene rings is 2. The zero-order valence-electron chi connectivity index (χ0n) is 22.3. The van der Waals surface area contributed by atoms with Crippen LogP contribution in [0.25, 0.3) is 0 Å². The predicted molar refractivity (Wildman–Crippen MR) is 142 cm³/mol. The molecule has 0 spiro atoms. The molecule has 0 aromatic heterocycles. The lowest BCUT2D eigenvalue weighted by atomic mass is 10.0. The minimum absolute atomic E-state index is 0.0598. The molecule has 2 aliphatic heterocycles. The van der Waals surface area contributed by atoms with Crippen molar-refractivity contribution in [1.82, 2.24) is 9.79 Å². The molecule has 2 aromatic rings. The van der Waals surface area contributed by atoms with Crippen LogP contribution in [0.1, 0.15) is 18.4 Å². The summed E-state index contributed by atoms with van der Waals surface area (Å²) in [6.45, 7) is 0.902. The van der Waals surface area contributed by atoms with E-state index < -0.39 is 47.0 Å². The summed E-state index contributed by atoms with van der Waals surface area (Å²) >= 11 is 0. The van der Waals surface area contributed by atoms with Gasteiger partial charge in [-0.3, -0.25) is 4.84 Å². The molecule has 2 aromatic carbocycles. The van der Waals surface area contributed by atoms with E-state index in [4.69, 9.17) is 28.5 Å². The lowest BCUT2D eigenvalue weighted by molar-refractivity contribution is -0.170. The van der Waals surface area contributed by atoms with Crippen LogP contribution >= 0.6 is 0 Å². The van der Waals surface area contributed by atoms with Crippen molar-refractivity contribution >= 4 is 16.1 Å². The van der Waals surface area contributed by atoms with Gasteiger partial charge in [0.25, 0.3) is 10.0 Å². The molecule has 0 bridgehead atoms. The van der Waals surface area contributed by atoms with E-state index in [1.54, 1.807) is 12.1 Å². The summed E-state index contributed by atoms with van der Waals surface area (Å²) < 4.78 is 54.6. The summed E-state index contributed by atoms with van der Waals surface area (Å²) in [6.07, 6.45) is -2.01. The Balaban J connectivity index is 1.55. The number of nitrogens with one attached hydrogen (secondary N) is 1. The van der Waals surface area contributed by atoms with E-state index in [0.29, 0.717) is 31.8 Å². The second kappa shape index (κ2) is 14.7. The van der Waals surface area contributed by atoms with Gasteiger partial charge in [0.2, 0.25) is 0 Å². The monoisotopic (exact) mass is 580 g/mol. The van der Waals surface area contributed by atoms with Crippen molar-refractivity contribution in [3.63, 3.8) is 0 Å². The van der Waals surface area contributed by atoms with Crippen LogP contribution in [-0.2, 0) is 40.2 Å². The van der Waals surface area contributed by atoms with Crippen LogP contribution in [0.3, 0.4) is 0 Å². The van der Waals surface area contributed by atoms with Gasteiger partial charge in [-0.1, -0.05) is 40.9 Å². The van der Waals surface area contributed by atoms with E-state index in [9.17, 15) is 18.3 Å². The Morgan fingerprint density at radius 1 is 1.05 bits per heavy atom. The van der Waals surface area contributed by atoms with Gasteiger partial charge in [0, 0.05) is 19.3 Å². The van der Waals surface area contributed by atoms with E-state index in [1.165, 1.54) is 19.2 Å². The standard InChI is InChI=1S/C27H36N2O10S/c1-34-22-8-5-9-24(15-22)40(32,33)29(39-21-10-12-35-13-11-21)16-26(30)25(14-20-6-3-2-4-7-20)28-27(31)38-23-17-36-19-37-18-23/h2-9,15,21,23,25-26,30H,10-14,16-19H2,1H3,(H,28,31)/t25-,26-/m0/s1. The number of hydrogen-bond acceptors (Lipinski definition) is 10. The third-order valence-corrected chi connectivity index (χ3v) is 8.11. The van der Waals surface area contributed by atoms with Crippen molar-refractivity contribution in [2.75, 3.05) is 46.9 Å². The molecule has 220 valence electrons. The fraction of sp³-hybridized carbons (Fsp3) is 0.519. The lowest BCUT2D eigenvalue weighted by Gasteiger charge is -2.32. The molecule has 2 saturated heterocycles. The van der Waals surface area contributed by atoms with Gasteiger partial charge in [-0.25, -0.2) is 13.2 Å². The van der Waals surface area contributed by atoms with Crippen molar-refractivity contribution in [3.05, 3.63) is 60.2 Å². The van der Waals surface area contributed by atoms with E-state index in [-0.39, 0.29) is 31.3 Å². The first-order chi connectivity index (χ1) is 19.3. The van der Waals surface area contributed by atoms with Gasteiger partial charge in [0.1, 0.15) is 12.5 Å². The molecular weight excluding hydrogens is 544 g/mol. The number of methoxy groups -OCH3 is 1. The summed E-state index contributed by atoms with van der Waals surface area (Å²) in [7, 11) is -2.79. The number of ether oxygens (including phenoxy) is 5. The van der Waals surface area contributed by atoms with Gasteiger partial charge in [0.05, 0.1) is 50.0 Å². The highest BCUT2D eigenvalue weighted by molar-refractivity contribution is 7.89. The summed E-state index contributed by atoms with van der Waals surface area (Å²) in [6, 6.07) is 14.3. The molecule has 2 heterocycles. The van der Waals surface area contributed by atoms with Crippen LogP contribution in [0.15, 0.2) is 59.5 Å². The number of hydrogen-bond donors (Lipinski definition) is 2.